The van der Waals surface area contributed by atoms with Crippen molar-refractivity contribution < 1.29 is 14.4 Å². The van der Waals surface area contributed by atoms with E-state index in [2.05, 4.69) is 10.4 Å². The van der Waals surface area contributed by atoms with Crippen LogP contribution in [0.2, 0.25) is 15.1 Å². The van der Waals surface area contributed by atoms with Gasteiger partial charge < -0.3 is 5.32 Å². The fraction of sp³-hybridized carbons (Fsp3) is 0.182. The number of rotatable bonds is 3. The highest BCUT2D eigenvalue weighted by Crippen LogP contribution is 2.46. The van der Waals surface area contributed by atoms with Crippen LogP contribution in [0, 0.1) is 11.8 Å². The molecule has 0 radical (unpaired) electrons. The summed E-state index contributed by atoms with van der Waals surface area (Å²) in [6.07, 6.45) is 5.01. The van der Waals surface area contributed by atoms with Gasteiger partial charge in [0.05, 0.1) is 28.6 Å². The van der Waals surface area contributed by atoms with Crippen molar-refractivity contribution in [3.05, 3.63) is 69.7 Å². The average molecular weight is 490 g/mol. The molecule has 0 aliphatic carbocycles. The molecule has 0 spiro atoms. The number of hydrogen-bond acceptors (Lipinski definition) is 5. The van der Waals surface area contributed by atoms with Crippen LogP contribution in [-0.2, 0) is 14.4 Å². The first-order valence-corrected chi connectivity index (χ1v) is 10.9. The van der Waals surface area contributed by atoms with E-state index >= 15 is 0 Å². The molecule has 2 aromatic rings. The summed E-state index contributed by atoms with van der Waals surface area (Å²) in [6.45, 7) is 0. The number of imide groups is 1. The van der Waals surface area contributed by atoms with Gasteiger partial charge in [-0.05, 0) is 48.5 Å². The maximum absolute atomic E-state index is 13.5. The highest BCUT2D eigenvalue weighted by molar-refractivity contribution is 6.38. The van der Waals surface area contributed by atoms with E-state index in [4.69, 9.17) is 34.8 Å². The molecule has 5 rings (SSSR count). The summed E-state index contributed by atoms with van der Waals surface area (Å²) in [5.41, 5.74) is 0.762. The zero-order valence-corrected chi connectivity index (χ0v) is 18.6. The number of anilines is 2. The van der Waals surface area contributed by atoms with Crippen molar-refractivity contribution in [1.82, 2.24) is 5.01 Å². The van der Waals surface area contributed by atoms with E-state index in [1.807, 2.05) is 0 Å². The van der Waals surface area contributed by atoms with Crippen LogP contribution in [0.25, 0.3) is 0 Å². The lowest BCUT2D eigenvalue weighted by Gasteiger charge is -2.30. The monoisotopic (exact) mass is 488 g/mol. The third-order valence-electron chi connectivity index (χ3n) is 5.82. The van der Waals surface area contributed by atoms with Crippen molar-refractivity contribution in [1.29, 1.82) is 0 Å². The number of carbonyl (C=O) groups is 3. The molecule has 0 unspecified atom stereocenters. The highest BCUT2D eigenvalue weighted by atomic mass is 35.5. The Labute approximate surface area is 198 Å². The number of fused-ring (bicyclic) bond motifs is 3. The van der Waals surface area contributed by atoms with Crippen LogP contribution in [0.15, 0.2) is 59.7 Å². The third kappa shape index (κ3) is 3.28. The number of hydrogen-bond donors (Lipinski definition) is 1. The van der Waals surface area contributed by atoms with E-state index in [9.17, 15) is 14.4 Å². The van der Waals surface area contributed by atoms with Gasteiger partial charge in [-0.1, -0.05) is 40.9 Å². The van der Waals surface area contributed by atoms with Crippen molar-refractivity contribution in [2.75, 3.05) is 10.2 Å². The van der Waals surface area contributed by atoms with Gasteiger partial charge >= 0.3 is 0 Å². The van der Waals surface area contributed by atoms with Gasteiger partial charge in [0.15, 0.2) is 0 Å². The van der Waals surface area contributed by atoms with Gasteiger partial charge in [-0.3, -0.25) is 19.4 Å². The minimum Gasteiger partial charge on any atom is -0.324 e. The quantitative estimate of drug-likeness (QED) is 0.661. The van der Waals surface area contributed by atoms with Crippen LogP contribution in [0.1, 0.15) is 0 Å². The summed E-state index contributed by atoms with van der Waals surface area (Å²) in [6, 6.07) is 9.65. The third-order valence-corrected chi connectivity index (χ3v) is 6.61. The molecule has 3 heterocycles. The fourth-order valence-electron chi connectivity index (χ4n) is 4.49. The second-order valence-electron chi connectivity index (χ2n) is 7.62. The zero-order chi connectivity index (χ0) is 22.6. The van der Waals surface area contributed by atoms with Crippen LogP contribution >= 0.6 is 34.8 Å². The maximum atomic E-state index is 13.5. The van der Waals surface area contributed by atoms with Crippen molar-refractivity contribution in [3.63, 3.8) is 0 Å². The summed E-state index contributed by atoms with van der Waals surface area (Å²) in [7, 11) is 0. The predicted octanol–water partition coefficient (Wildman–Crippen LogP) is 4.00. The number of amides is 3. The summed E-state index contributed by atoms with van der Waals surface area (Å²) in [5, 5.41) is 9.72. The second kappa shape index (κ2) is 7.92. The van der Waals surface area contributed by atoms with Gasteiger partial charge in [0.2, 0.25) is 17.7 Å². The lowest BCUT2D eigenvalue weighted by atomic mass is 9.88. The molecule has 10 heteroatoms. The molecule has 0 bridgehead atoms. The molecule has 7 nitrogen and oxygen atoms in total. The minimum absolute atomic E-state index is 0.176. The van der Waals surface area contributed by atoms with E-state index in [0.29, 0.717) is 15.7 Å². The number of halogens is 3. The molecule has 3 amide bonds. The predicted molar refractivity (Wildman–Crippen MR) is 123 cm³/mol. The Morgan fingerprint density at radius 1 is 0.938 bits per heavy atom. The molecule has 1 N–H and O–H groups in total. The SMILES string of the molecule is O=C(Nc1ccc(Cl)cc1)[C@@H]1[C@H]2C(=O)N(c3ccc(Cl)cc3Cl)C(=O)[C@@H]2[C@H]2C=CC=NN21. The first kappa shape index (κ1) is 21.0. The topological polar surface area (TPSA) is 82.1 Å². The molecular formula is C22H15Cl3N4O3. The molecule has 162 valence electrons. The number of carbonyl (C=O) groups excluding carboxylic acids is 3. The van der Waals surface area contributed by atoms with Gasteiger partial charge in [0.1, 0.15) is 6.04 Å². The van der Waals surface area contributed by atoms with E-state index in [1.165, 1.54) is 23.4 Å². The first-order chi connectivity index (χ1) is 15.4. The average Bonchev–Trinajstić information content (AvgIpc) is 3.23. The summed E-state index contributed by atoms with van der Waals surface area (Å²) < 4.78 is 0. The molecule has 2 aromatic carbocycles. The Hall–Kier alpha value is -2.87. The van der Waals surface area contributed by atoms with E-state index in [-0.39, 0.29) is 10.7 Å². The van der Waals surface area contributed by atoms with Crippen LogP contribution in [0.5, 0.6) is 0 Å². The van der Waals surface area contributed by atoms with Crippen molar-refractivity contribution in [3.8, 4) is 0 Å². The van der Waals surface area contributed by atoms with Gasteiger partial charge in [-0.15, -0.1) is 0 Å². The smallest absolute Gasteiger partial charge is 0.249 e. The van der Waals surface area contributed by atoms with Crippen LogP contribution in [0.4, 0.5) is 11.4 Å². The van der Waals surface area contributed by atoms with E-state index in [1.54, 1.807) is 42.5 Å². The van der Waals surface area contributed by atoms with Crippen molar-refractivity contribution >= 4 is 70.1 Å². The molecule has 2 saturated heterocycles. The lowest BCUT2D eigenvalue weighted by molar-refractivity contribution is -0.129. The molecular weight excluding hydrogens is 475 g/mol. The van der Waals surface area contributed by atoms with Gasteiger partial charge in [-0.2, -0.15) is 5.10 Å². The number of nitrogens with zero attached hydrogens (tertiary/aromatic N) is 3. The Morgan fingerprint density at radius 2 is 1.62 bits per heavy atom. The van der Waals surface area contributed by atoms with Crippen LogP contribution in [0.3, 0.4) is 0 Å². The van der Waals surface area contributed by atoms with E-state index in [0.717, 1.165) is 4.90 Å². The summed E-state index contributed by atoms with van der Waals surface area (Å²) in [4.78, 5) is 41.3. The molecule has 2 fully saturated rings. The number of hydrazone groups is 1. The largest absolute Gasteiger partial charge is 0.324 e. The first-order valence-electron chi connectivity index (χ1n) is 9.75. The maximum Gasteiger partial charge on any atom is 0.249 e. The molecule has 3 aliphatic rings. The molecule has 3 aliphatic heterocycles. The van der Waals surface area contributed by atoms with Crippen molar-refractivity contribution in [2.24, 2.45) is 16.9 Å². The second-order valence-corrected chi connectivity index (χ2v) is 8.90. The van der Waals surface area contributed by atoms with Gasteiger partial charge in [0, 0.05) is 21.9 Å². The fourth-order valence-corrected chi connectivity index (χ4v) is 5.11. The molecule has 0 saturated carbocycles. The van der Waals surface area contributed by atoms with Gasteiger partial charge in [-0.25, -0.2) is 4.90 Å². The Bertz CT molecular complexity index is 1200. The number of benzene rings is 2. The highest BCUT2D eigenvalue weighted by Gasteiger charge is 2.64. The lowest BCUT2D eigenvalue weighted by Crippen LogP contribution is -2.47. The van der Waals surface area contributed by atoms with Crippen LogP contribution in [-0.4, -0.2) is 41.0 Å². The molecule has 0 aromatic heterocycles. The van der Waals surface area contributed by atoms with E-state index < -0.39 is 41.6 Å². The standard InChI is InChI=1S/C22H15Cl3N4O3/c23-11-3-6-13(7-4-11)27-20(30)19-18-17(16-2-1-9-26-29(16)19)21(31)28(22(18)32)15-8-5-12(24)10-14(15)25/h1-10,16-19H,(H,27,30)/t16-,17-,18+,19+/m1/s1. The normalized spacial score (nSPS) is 25.8. The Morgan fingerprint density at radius 3 is 2.34 bits per heavy atom. The Kier molecular flexibility index (Phi) is 5.20. The van der Waals surface area contributed by atoms with Crippen molar-refractivity contribution in [2.45, 2.75) is 12.1 Å². The zero-order valence-electron chi connectivity index (χ0n) is 16.3. The number of allylic oxidation sites excluding steroid dienone is 1. The Balaban J connectivity index is 1.52. The van der Waals surface area contributed by atoms with Crippen LogP contribution < -0.4 is 10.2 Å². The summed E-state index contributed by atoms with van der Waals surface area (Å²) >= 11 is 18.2. The summed E-state index contributed by atoms with van der Waals surface area (Å²) in [5.74, 6) is -3.07. The molecule has 4 atom stereocenters. The minimum atomic E-state index is -0.977. The van der Waals surface area contributed by atoms with Gasteiger partial charge in [0.25, 0.3) is 0 Å². The molecule has 32 heavy (non-hydrogen) atoms. The number of nitrogens with one attached hydrogen (secondary N) is 1.